The Labute approximate surface area is 126 Å². The Morgan fingerprint density at radius 1 is 1.41 bits per heavy atom. The standard InChI is InChI=1S/C14H19F3N2O3/c1-9(4-5-20)7-18-14(21)19-11-3-2-10(15)6-12(11)22-8-13(16)17/h2-3,6,9,13,20H,4-5,7-8H2,1H3,(H2,18,19,21). The number of alkyl halides is 2. The van der Waals surface area contributed by atoms with Crippen LogP contribution >= 0.6 is 0 Å². The van der Waals surface area contributed by atoms with E-state index in [0.29, 0.717) is 13.0 Å². The molecule has 1 atom stereocenters. The third-order valence-corrected chi connectivity index (χ3v) is 2.79. The average molecular weight is 320 g/mol. The molecule has 1 aromatic rings. The van der Waals surface area contributed by atoms with Crippen LogP contribution in [0.3, 0.4) is 0 Å². The molecular formula is C14H19F3N2O3. The number of nitrogens with one attached hydrogen (secondary N) is 2. The number of hydrogen-bond donors (Lipinski definition) is 3. The number of benzene rings is 1. The summed E-state index contributed by atoms with van der Waals surface area (Å²) in [5.74, 6) is -0.746. The Kier molecular flexibility index (Phi) is 7.51. The molecule has 1 aromatic carbocycles. The highest BCUT2D eigenvalue weighted by Gasteiger charge is 2.12. The van der Waals surface area contributed by atoms with Crippen molar-refractivity contribution in [2.45, 2.75) is 19.8 Å². The minimum absolute atomic E-state index is 0.0219. The quantitative estimate of drug-likeness (QED) is 0.689. The zero-order valence-electron chi connectivity index (χ0n) is 12.1. The van der Waals surface area contributed by atoms with Crippen LogP contribution in [-0.4, -0.2) is 37.3 Å². The van der Waals surface area contributed by atoms with Gasteiger partial charge in [0, 0.05) is 19.2 Å². The first-order chi connectivity index (χ1) is 10.4. The number of aliphatic hydroxyl groups is 1. The number of carbonyl (C=O) groups excluding carboxylic acids is 1. The molecule has 8 heteroatoms. The third kappa shape index (κ3) is 6.66. The number of carbonyl (C=O) groups is 1. The molecule has 0 aromatic heterocycles. The molecule has 0 spiro atoms. The lowest BCUT2D eigenvalue weighted by atomic mass is 10.1. The van der Waals surface area contributed by atoms with Gasteiger partial charge in [-0.1, -0.05) is 6.92 Å². The molecule has 0 aliphatic heterocycles. The van der Waals surface area contributed by atoms with E-state index < -0.39 is 24.9 Å². The molecule has 0 fully saturated rings. The number of urea groups is 1. The summed E-state index contributed by atoms with van der Waals surface area (Å²) in [6.45, 7) is 1.31. The van der Waals surface area contributed by atoms with Crippen LogP contribution in [0.4, 0.5) is 23.7 Å². The van der Waals surface area contributed by atoms with Crippen LogP contribution in [0, 0.1) is 11.7 Å². The number of ether oxygens (including phenoxy) is 1. The van der Waals surface area contributed by atoms with Crippen molar-refractivity contribution in [3.05, 3.63) is 24.0 Å². The molecular weight excluding hydrogens is 301 g/mol. The van der Waals surface area contributed by atoms with Gasteiger partial charge >= 0.3 is 6.03 Å². The maximum atomic E-state index is 13.1. The van der Waals surface area contributed by atoms with Gasteiger partial charge < -0.3 is 20.5 Å². The minimum atomic E-state index is -2.70. The van der Waals surface area contributed by atoms with Gasteiger partial charge in [-0.25, -0.2) is 18.0 Å². The Morgan fingerprint density at radius 3 is 2.77 bits per heavy atom. The molecule has 5 nitrogen and oxygen atoms in total. The highest BCUT2D eigenvalue weighted by molar-refractivity contribution is 5.90. The van der Waals surface area contributed by atoms with Crippen LogP contribution in [0.5, 0.6) is 5.75 Å². The van der Waals surface area contributed by atoms with Crippen molar-refractivity contribution in [1.29, 1.82) is 0 Å². The first-order valence-electron chi connectivity index (χ1n) is 6.78. The normalized spacial score (nSPS) is 12.1. The molecule has 1 unspecified atom stereocenters. The fourth-order valence-electron chi connectivity index (χ4n) is 1.63. The van der Waals surface area contributed by atoms with E-state index in [1.165, 1.54) is 6.07 Å². The summed E-state index contributed by atoms with van der Waals surface area (Å²) < 4.78 is 42.2. The molecule has 22 heavy (non-hydrogen) atoms. The maximum absolute atomic E-state index is 13.1. The summed E-state index contributed by atoms with van der Waals surface area (Å²) in [5.41, 5.74) is 0.0920. The lowest BCUT2D eigenvalue weighted by Gasteiger charge is -2.14. The number of halogens is 3. The van der Waals surface area contributed by atoms with Gasteiger partial charge in [-0.2, -0.15) is 0 Å². The first kappa shape index (κ1) is 18.1. The Hall–Kier alpha value is -1.96. The largest absolute Gasteiger partial charge is 0.485 e. The molecule has 0 aliphatic rings. The summed E-state index contributed by atoms with van der Waals surface area (Å²) in [5, 5.41) is 13.7. The van der Waals surface area contributed by atoms with Gasteiger partial charge in [0.25, 0.3) is 6.43 Å². The number of aliphatic hydroxyl groups excluding tert-OH is 1. The van der Waals surface area contributed by atoms with Crippen molar-refractivity contribution in [1.82, 2.24) is 5.32 Å². The van der Waals surface area contributed by atoms with Crippen LogP contribution in [0.1, 0.15) is 13.3 Å². The van der Waals surface area contributed by atoms with Crippen molar-refractivity contribution in [3.8, 4) is 5.75 Å². The molecule has 0 radical (unpaired) electrons. The van der Waals surface area contributed by atoms with Gasteiger partial charge in [0.15, 0.2) is 0 Å². The topological polar surface area (TPSA) is 70.6 Å². The lowest BCUT2D eigenvalue weighted by molar-refractivity contribution is 0.0821. The summed E-state index contributed by atoms with van der Waals surface area (Å²) in [6, 6.07) is 2.66. The van der Waals surface area contributed by atoms with Gasteiger partial charge in [0.2, 0.25) is 0 Å². The number of anilines is 1. The van der Waals surface area contributed by atoms with Crippen molar-refractivity contribution < 1.29 is 27.8 Å². The van der Waals surface area contributed by atoms with E-state index in [2.05, 4.69) is 10.6 Å². The highest BCUT2D eigenvalue weighted by Crippen LogP contribution is 2.25. The molecule has 0 saturated heterocycles. The molecule has 3 N–H and O–H groups in total. The van der Waals surface area contributed by atoms with Crippen LogP contribution < -0.4 is 15.4 Å². The molecule has 1 rings (SSSR count). The monoisotopic (exact) mass is 320 g/mol. The molecule has 0 heterocycles. The Morgan fingerprint density at radius 2 is 2.14 bits per heavy atom. The second-order valence-electron chi connectivity index (χ2n) is 4.80. The number of rotatable bonds is 8. The van der Waals surface area contributed by atoms with Crippen molar-refractivity contribution in [2.24, 2.45) is 5.92 Å². The van der Waals surface area contributed by atoms with Gasteiger partial charge in [0.05, 0.1) is 5.69 Å². The average Bonchev–Trinajstić information content (AvgIpc) is 2.45. The predicted octanol–water partition coefficient (Wildman–Crippen LogP) is 2.61. The van der Waals surface area contributed by atoms with Gasteiger partial charge in [0.1, 0.15) is 18.2 Å². The second kappa shape index (κ2) is 9.14. The maximum Gasteiger partial charge on any atom is 0.319 e. The van der Waals surface area contributed by atoms with E-state index in [9.17, 15) is 18.0 Å². The molecule has 0 bridgehead atoms. The fourth-order valence-corrected chi connectivity index (χ4v) is 1.63. The number of amides is 2. The summed E-state index contributed by atoms with van der Waals surface area (Å²) in [4.78, 5) is 11.7. The van der Waals surface area contributed by atoms with Crippen molar-refractivity contribution in [3.63, 3.8) is 0 Å². The summed E-state index contributed by atoms with van der Waals surface area (Å²) in [6.07, 6.45) is -2.16. The first-order valence-corrected chi connectivity index (χ1v) is 6.78. The minimum Gasteiger partial charge on any atom is -0.485 e. The van der Waals surface area contributed by atoms with Gasteiger partial charge in [-0.15, -0.1) is 0 Å². The van der Waals surface area contributed by atoms with E-state index >= 15 is 0 Å². The summed E-state index contributed by atoms with van der Waals surface area (Å²) >= 11 is 0. The second-order valence-corrected chi connectivity index (χ2v) is 4.80. The van der Waals surface area contributed by atoms with Crippen molar-refractivity contribution >= 4 is 11.7 Å². The van der Waals surface area contributed by atoms with Crippen LogP contribution in [-0.2, 0) is 0 Å². The highest BCUT2D eigenvalue weighted by atomic mass is 19.3. The molecule has 0 aliphatic carbocycles. The molecule has 2 amide bonds. The van der Waals surface area contributed by atoms with Crippen LogP contribution in [0.15, 0.2) is 18.2 Å². The zero-order valence-corrected chi connectivity index (χ0v) is 12.1. The predicted molar refractivity (Wildman–Crippen MR) is 75.8 cm³/mol. The van der Waals surface area contributed by atoms with Gasteiger partial charge in [-0.3, -0.25) is 0 Å². The third-order valence-electron chi connectivity index (χ3n) is 2.79. The summed E-state index contributed by atoms with van der Waals surface area (Å²) in [7, 11) is 0. The molecule has 124 valence electrons. The van der Waals surface area contributed by atoms with E-state index in [1.807, 2.05) is 6.92 Å². The Balaban J connectivity index is 2.61. The smallest absolute Gasteiger partial charge is 0.319 e. The van der Waals surface area contributed by atoms with E-state index in [4.69, 9.17) is 9.84 Å². The van der Waals surface area contributed by atoms with Crippen LogP contribution in [0.25, 0.3) is 0 Å². The van der Waals surface area contributed by atoms with E-state index in [-0.39, 0.29) is 24.0 Å². The molecule has 0 saturated carbocycles. The van der Waals surface area contributed by atoms with E-state index in [1.54, 1.807) is 0 Å². The Bertz CT molecular complexity index is 486. The van der Waals surface area contributed by atoms with E-state index in [0.717, 1.165) is 12.1 Å². The number of hydrogen-bond acceptors (Lipinski definition) is 3. The van der Waals surface area contributed by atoms with Gasteiger partial charge in [-0.05, 0) is 24.5 Å². The van der Waals surface area contributed by atoms with Crippen LogP contribution in [0.2, 0.25) is 0 Å². The fraction of sp³-hybridized carbons (Fsp3) is 0.500. The lowest BCUT2D eigenvalue weighted by Crippen LogP contribution is -2.32. The van der Waals surface area contributed by atoms with Crippen molar-refractivity contribution in [2.75, 3.05) is 25.1 Å². The zero-order chi connectivity index (χ0) is 16.5. The SMILES string of the molecule is CC(CCO)CNC(=O)Nc1ccc(F)cc1OCC(F)F.